The Morgan fingerprint density at radius 3 is 0.909 bits per heavy atom. The molecule has 0 radical (unpaired) electrons. The van der Waals surface area contributed by atoms with Crippen molar-refractivity contribution in [2.24, 2.45) is 0 Å². The monoisotopic (exact) mass is 634 g/mol. The molecule has 262 valence electrons. The lowest BCUT2D eigenvalue weighted by Crippen LogP contribution is -2.15. The number of carbonyl (C=O) groups is 2. The first kappa shape index (κ1) is 42.7. The standard InChI is InChI=1S/C34H66O10/c1-3-5-6-7-8-9-10-11-12-13-14-15-16-18-34(36)44-32-30-42-28-26-40-24-22-38-20-19-37-21-23-39-25-27-41-29-31-43-33(35)17-4-2/h3-32H2,1-2H3. The zero-order valence-corrected chi connectivity index (χ0v) is 28.3. The quantitative estimate of drug-likeness (QED) is 0.0559. The van der Waals surface area contributed by atoms with Crippen molar-refractivity contribution in [3.63, 3.8) is 0 Å². The summed E-state index contributed by atoms with van der Waals surface area (Å²) in [6.45, 7) is 10.3. The second-order valence-electron chi connectivity index (χ2n) is 10.9. The van der Waals surface area contributed by atoms with Gasteiger partial charge in [-0.25, -0.2) is 0 Å². The second kappa shape index (κ2) is 37.9. The molecule has 0 amide bonds. The van der Waals surface area contributed by atoms with Gasteiger partial charge in [0.1, 0.15) is 13.2 Å². The summed E-state index contributed by atoms with van der Waals surface area (Å²) in [7, 11) is 0. The molecule has 0 aromatic carbocycles. The summed E-state index contributed by atoms with van der Waals surface area (Å²) in [6.07, 6.45) is 18.6. The number of ether oxygens (including phenoxy) is 8. The number of unbranched alkanes of at least 4 members (excludes halogenated alkanes) is 12. The van der Waals surface area contributed by atoms with Crippen LogP contribution >= 0.6 is 0 Å². The Balaban J connectivity index is 3.15. The Hall–Kier alpha value is -1.30. The molecule has 10 nitrogen and oxygen atoms in total. The molecule has 0 aliphatic heterocycles. The molecule has 0 bridgehead atoms. The molecule has 0 aliphatic rings. The van der Waals surface area contributed by atoms with Crippen LogP contribution < -0.4 is 0 Å². The Morgan fingerprint density at radius 2 is 0.591 bits per heavy atom. The molecule has 0 fully saturated rings. The molecular weight excluding hydrogens is 568 g/mol. The van der Waals surface area contributed by atoms with E-state index in [-0.39, 0.29) is 25.2 Å². The van der Waals surface area contributed by atoms with Gasteiger partial charge in [-0.2, -0.15) is 0 Å². The van der Waals surface area contributed by atoms with Gasteiger partial charge in [0.2, 0.25) is 0 Å². The van der Waals surface area contributed by atoms with Gasteiger partial charge in [-0.15, -0.1) is 0 Å². The van der Waals surface area contributed by atoms with Gasteiger partial charge < -0.3 is 37.9 Å². The van der Waals surface area contributed by atoms with Gasteiger partial charge in [-0.1, -0.05) is 90.9 Å². The SMILES string of the molecule is CCCCCCCCCCCCCCCC(=O)OCCOCCOCCOCCOCCOCCOCCOC(=O)CCC. The Morgan fingerprint density at radius 1 is 0.318 bits per heavy atom. The molecule has 0 rings (SSSR count). The van der Waals surface area contributed by atoms with Crippen LogP contribution in [-0.2, 0) is 47.5 Å². The molecule has 10 heteroatoms. The summed E-state index contributed by atoms with van der Waals surface area (Å²) in [4.78, 5) is 23.0. The highest BCUT2D eigenvalue weighted by Gasteiger charge is 2.03. The number of hydrogen-bond acceptors (Lipinski definition) is 10. The van der Waals surface area contributed by atoms with Gasteiger partial charge in [-0.05, 0) is 12.8 Å². The van der Waals surface area contributed by atoms with Gasteiger partial charge in [0, 0.05) is 12.8 Å². The second-order valence-corrected chi connectivity index (χ2v) is 10.9. The first-order valence-corrected chi connectivity index (χ1v) is 17.5. The predicted molar refractivity (Wildman–Crippen MR) is 172 cm³/mol. The lowest BCUT2D eigenvalue weighted by Gasteiger charge is -2.09. The highest BCUT2D eigenvalue weighted by molar-refractivity contribution is 5.69. The van der Waals surface area contributed by atoms with E-state index in [9.17, 15) is 9.59 Å². The minimum atomic E-state index is -0.187. The Bertz CT molecular complexity index is 590. The number of esters is 2. The minimum Gasteiger partial charge on any atom is -0.463 e. The molecule has 0 spiro atoms. The van der Waals surface area contributed by atoms with Crippen molar-refractivity contribution in [1.82, 2.24) is 0 Å². The van der Waals surface area contributed by atoms with Crippen molar-refractivity contribution in [1.29, 1.82) is 0 Å². The molecule has 0 heterocycles. The van der Waals surface area contributed by atoms with Gasteiger partial charge in [0.25, 0.3) is 0 Å². The lowest BCUT2D eigenvalue weighted by atomic mass is 10.0. The summed E-state index contributed by atoms with van der Waals surface area (Å²) in [5, 5.41) is 0. The lowest BCUT2D eigenvalue weighted by molar-refractivity contribution is -0.146. The molecule has 0 aromatic rings. The normalized spacial score (nSPS) is 11.2. The van der Waals surface area contributed by atoms with E-state index in [1.807, 2.05) is 6.92 Å². The first-order chi connectivity index (χ1) is 21.7. The Labute approximate surface area is 268 Å². The van der Waals surface area contributed by atoms with Crippen LogP contribution in [0.2, 0.25) is 0 Å². The van der Waals surface area contributed by atoms with Gasteiger partial charge in [0.05, 0.1) is 79.3 Å². The zero-order chi connectivity index (χ0) is 32.0. The summed E-state index contributed by atoms with van der Waals surface area (Å²) >= 11 is 0. The average molecular weight is 635 g/mol. The van der Waals surface area contributed by atoms with Crippen LogP contribution in [-0.4, -0.2) is 104 Å². The van der Waals surface area contributed by atoms with Crippen LogP contribution in [0.3, 0.4) is 0 Å². The third-order valence-corrected chi connectivity index (χ3v) is 6.78. The molecule has 0 saturated carbocycles. The zero-order valence-electron chi connectivity index (χ0n) is 28.3. The molecule has 0 atom stereocenters. The fourth-order valence-corrected chi connectivity index (χ4v) is 4.27. The first-order valence-electron chi connectivity index (χ1n) is 17.5. The summed E-state index contributed by atoms with van der Waals surface area (Å²) in [5.41, 5.74) is 0. The number of rotatable bonds is 37. The van der Waals surface area contributed by atoms with Crippen LogP contribution in [0.4, 0.5) is 0 Å². The van der Waals surface area contributed by atoms with Gasteiger partial charge >= 0.3 is 11.9 Å². The van der Waals surface area contributed by atoms with Crippen LogP contribution in [0.25, 0.3) is 0 Å². The van der Waals surface area contributed by atoms with Crippen LogP contribution in [0, 0.1) is 0 Å². The van der Waals surface area contributed by atoms with Crippen molar-refractivity contribution >= 4 is 11.9 Å². The summed E-state index contributed by atoms with van der Waals surface area (Å²) < 4.78 is 42.8. The van der Waals surface area contributed by atoms with E-state index >= 15 is 0 Å². The maximum absolute atomic E-state index is 11.8. The molecule has 0 saturated heterocycles. The predicted octanol–water partition coefficient (Wildman–Crippen LogP) is 6.45. The third kappa shape index (κ3) is 36.9. The van der Waals surface area contributed by atoms with E-state index in [0.29, 0.717) is 92.1 Å². The van der Waals surface area contributed by atoms with Gasteiger partial charge in [0.15, 0.2) is 0 Å². The van der Waals surface area contributed by atoms with E-state index in [4.69, 9.17) is 37.9 Å². The maximum Gasteiger partial charge on any atom is 0.305 e. The molecule has 0 aliphatic carbocycles. The van der Waals surface area contributed by atoms with E-state index in [0.717, 1.165) is 19.3 Å². The fourth-order valence-electron chi connectivity index (χ4n) is 4.27. The fraction of sp³-hybridized carbons (Fsp3) is 0.941. The highest BCUT2D eigenvalue weighted by Crippen LogP contribution is 2.13. The van der Waals surface area contributed by atoms with Crippen molar-refractivity contribution in [2.75, 3.05) is 92.5 Å². The molecular formula is C34H66O10. The molecule has 44 heavy (non-hydrogen) atoms. The average Bonchev–Trinajstić information content (AvgIpc) is 3.02. The van der Waals surface area contributed by atoms with E-state index in [1.165, 1.54) is 70.6 Å². The van der Waals surface area contributed by atoms with Crippen molar-refractivity contribution in [3.05, 3.63) is 0 Å². The molecule has 0 unspecified atom stereocenters. The smallest absolute Gasteiger partial charge is 0.305 e. The van der Waals surface area contributed by atoms with E-state index < -0.39 is 0 Å². The molecule has 0 N–H and O–H groups in total. The van der Waals surface area contributed by atoms with E-state index in [2.05, 4.69) is 6.92 Å². The van der Waals surface area contributed by atoms with Crippen LogP contribution in [0.1, 0.15) is 117 Å². The minimum absolute atomic E-state index is 0.133. The third-order valence-electron chi connectivity index (χ3n) is 6.78. The van der Waals surface area contributed by atoms with Crippen LogP contribution in [0.15, 0.2) is 0 Å². The maximum atomic E-state index is 11.8. The van der Waals surface area contributed by atoms with Gasteiger partial charge in [-0.3, -0.25) is 9.59 Å². The Kier molecular flexibility index (Phi) is 36.8. The highest BCUT2D eigenvalue weighted by atomic mass is 16.6. The summed E-state index contributed by atoms with van der Waals surface area (Å²) in [5.74, 6) is -0.320. The van der Waals surface area contributed by atoms with Crippen molar-refractivity contribution in [2.45, 2.75) is 117 Å². The van der Waals surface area contributed by atoms with Crippen LogP contribution in [0.5, 0.6) is 0 Å². The number of carbonyl (C=O) groups excluding carboxylic acids is 2. The summed E-state index contributed by atoms with van der Waals surface area (Å²) in [6, 6.07) is 0. The van der Waals surface area contributed by atoms with Crippen molar-refractivity contribution < 1.29 is 47.5 Å². The topological polar surface area (TPSA) is 108 Å². The van der Waals surface area contributed by atoms with E-state index in [1.54, 1.807) is 0 Å². The number of hydrogen-bond donors (Lipinski definition) is 0. The van der Waals surface area contributed by atoms with Crippen molar-refractivity contribution in [3.8, 4) is 0 Å². The largest absolute Gasteiger partial charge is 0.463 e. The molecule has 0 aromatic heterocycles.